The Balaban J connectivity index is 0.00000363. The maximum Gasteiger partial charge on any atom is 0.243 e. The van der Waals surface area contributed by atoms with Gasteiger partial charge in [-0.15, -0.1) is 24.0 Å². The number of methoxy groups -OCH3 is 1. The van der Waals surface area contributed by atoms with E-state index in [-0.39, 0.29) is 48.6 Å². The van der Waals surface area contributed by atoms with E-state index < -0.39 is 0 Å². The van der Waals surface area contributed by atoms with E-state index in [0.717, 1.165) is 38.3 Å². The van der Waals surface area contributed by atoms with Gasteiger partial charge in [0.2, 0.25) is 5.91 Å². The van der Waals surface area contributed by atoms with E-state index in [2.05, 4.69) is 32.7 Å². The molecule has 0 aliphatic carbocycles. The number of para-hydroxylation sites is 1. The summed E-state index contributed by atoms with van der Waals surface area (Å²) in [6.07, 6.45) is 4.76. The molecule has 8 nitrogen and oxygen atoms in total. The van der Waals surface area contributed by atoms with E-state index in [9.17, 15) is 4.79 Å². The first-order chi connectivity index (χ1) is 15.1. The first kappa shape index (κ1) is 26.7. The van der Waals surface area contributed by atoms with Gasteiger partial charge in [-0.25, -0.2) is 4.99 Å². The predicted molar refractivity (Wildman–Crippen MR) is 138 cm³/mol. The van der Waals surface area contributed by atoms with Crippen LogP contribution in [0.2, 0.25) is 0 Å². The molecule has 0 aromatic heterocycles. The smallest absolute Gasteiger partial charge is 0.243 e. The lowest BCUT2D eigenvalue weighted by Crippen LogP contribution is -2.45. The second kappa shape index (κ2) is 13.8. The number of hydrogen-bond acceptors (Lipinski definition) is 5. The molecule has 180 valence electrons. The number of likely N-dealkylation sites (N-methyl/N-ethyl adjacent to an activating group) is 1. The zero-order chi connectivity index (χ0) is 22.1. The van der Waals surface area contributed by atoms with Crippen molar-refractivity contribution < 1.29 is 14.3 Å². The largest absolute Gasteiger partial charge is 0.496 e. The molecule has 2 fully saturated rings. The van der Waals surface area contributed by atoms with Gasteiger partial charge in [-0.05, 0) is 44.8 Å². The van der Waals surface area contributed by atoms with Crippen LogP contribution in [0.3, 0.4) is 0 Å². The molecule has 0 radical (unpaired) electrons. The number of amides is 1. The van der Waals surface area contributed by atoms with Crippen molar-refractivity contribution in [3.8, 4) is 5.75 Å². The molecular formula is C23H38IN5O3. The molecule has 2 atom stereocenters. The van der Waals surface area contributed by atoms with Gasteiger partial charge in [0.15, 0.2) is 5.96 Å². The summed E-state index contributed by atoms with van der Waals surface area (Å²) in [5, 5.41) is 6.86. The number of benzene rings is 1. The van der Waals surface area contributed by atoms with Crippen LogP contribution in [-0.2, 0) is 9.53 Å². The molecule has 2 heterocycles. The maximum absolute atomic E-state index is 12.1. The topological polar surface area (TPSA) is 78.4 Å². The molecule has 1 aromatic carbocycles. The summed E-state index contributed by atoms with van der Waals surface area (Å²) in [5.74, 6) is 1.51. The lowest BCUT2D eigenvalue weighted by molar-refractivity contribution is -0.127. The van der Waals surface area contributed by atoms with E-state index in [1.165, 1.54) is 18.4 Å². The van der Waals surface area contributed by atoms with Crippen LogP contribution in [0.15, 0.2) is 29.3 Å². The minimum Gasteiger partial charge on any atom is -0.496 e. The van der Waals surface area contributed by atoms with Gasteiger partial charge in [0.25, 0.3) is 0 Å². The third-order valence-electron chi connectivity index (χ3n) is 5.93. The minimum atomic E-state index is -0.0287. The molecule has 1 amide bonds. The third-order valence-corrected chi connectivity index (χ3v) is 5.93. The van der Waals surface area contributed by atoms with Crippen LogP contribution in [0.4, 0.5) is 0 Å². The third kappa shape index (κ3) is 7.77. The van der Waals surface area contributed by atoms with Gasteiger partial charge in [0.1, 0.15) is 12.3 Å². The molecular weight excluding hydrogens is 521 g/mol. The van der Waals surface area contributed by atoms with Crippen molar-refractivity contribution in [2.75, 3.05) is 60.5 Å². The fraction of sp³-hybridized carbons (Fsp3) is 0.652. The van der Waals surface area contributed by atoms with Gasteiger partial charge >= 0.3 is 0 Å². The number of rotatable bonds is 9. The molecule has 2 aliphatic heterocycles. The van der Waals surface area contributed by atoms with Crippen molar-refractivity contribution in [2.45, 2.75) is 37.8 Å². The summed E-state index contributed by atoms with van der Waals surface area (Å²) in [7, 11) is 5.21. The summed E-state index contributed by atoms with van der Waals surface area (Å²) < 4.78 is 11.4. The Labute approximate surface area is 209 Å². The molecule has 0 spiro atoms. The van der Waals surface area contributed by atoms with Crippen LogP contribution in [-0.4, -0.2) is 88.3 Å². The highest BCUT2D eigenvalue weighted by Gasteiger charge is 2.26. The summed E-state index contributed by atoms with van der Waals surface area (Å²) in [6, 6.07) is 8.37. The standard InChI is InChI=1S/C23H37N5O3.HI/c1-27(2)22(29)17-26-23(24-15-18-9-8-14-31-18)25-16-20(28-12-6-7-13-28)19-10-4-5-11-21(19)30-3;/h4-5,10-11,18,20H,6-9,12-17H2,1-3H3,(H2,24,25,26);1H. The number of guanidine groups is 1. The van der Waals surface area contributed by atoms with Crippen LogP contribution in [0, 0.1) is 0 Å². The van der Waals surface area contributed by atoms with E-state index in [4.69, 9.17) is 9.47 Å². The number of nitrogens with one attached hydrogen (secondary N) is 2. The Kier molecular flexibility index (Phi) is 11.5. The summed E-state index contributed by atoms with van der Waals surface area (Å²) in [5.41, 5.74) is 1.17. The fourth-order valence-corrected chi connectivity index (χ4v) is 4.10. The van der Waals surface area contributed by atoms with Crippen molar-refractivity contribution >= 4 is 35.8 Å². The Hall–Kier alpha value is -1.59. The van der Waals surface area contributed by atoms with E-state index >= 15 is 0 Å². The number of halogens is 1. The van der Waals surface area contributed by atoms with Crippen LogP contribution in [0.5, 0.6) is 5.75 Å². The SMILES string of the molecule is COc1ccccc1C(CNC(=NCC(=O)N(C)C)NCC1CCCO1)N1CCCC1.I. The summed E-state index contributed by atoms with van der Waals surface area (Å²) in [4.78, 5) is 20.7. The van der Waals surface area contributed by atoms with Gasteiger partial charge in [-0.1, -0.05) is 18.2 Å². The van der Waals surface area contributed by atoms with Crippen molar-refractivity contribution in [3.05, 3.63) is 29.8 Å². The van der Waals surface area contributed by atoms with E-state index in [1.54, 1.807) is 26.1 Å². The first-order valence-electron chi connectivity index (χ1n) is 11.3. The van der Waals surface area contributed by atoms with Crippen molar-refractivity contribution in [3.63, 3.8) is 0 Å². The van der Waals surface area contributed by atoms with Crippen molar-refractivity contribution in [1.29, 1.82) is 0 Å². The normalized spacial score (nSPS) is 19.8. The Bertz CT molecular complexity index is 734. The quantitative estimate of drug-likeness (QED) is 0.275. The highest BCUT2D eigenvalue weighted by Crippen LogP contribution is 2.31. The molecule has 2 unspecified atom stereocenters. The molecule has 0 saturated carbocycles. The minimum absolute atomic E-state index is 0. The zero-order valence-corrected chi connectivity index (χ0v) is 21.8. The average molecular weight is 559 g/mol. The fourth-order valence-electron chi connectivity index (χ4n) is 4.10. The molecule has 9 heteroatoms. The van der Waals surface area contributed by atoms with Crippen LogP contribution >= 0.6 is 24.0 Å². The predicted octanol–water partition coefficient (Wildman–Crippen LogP) is 2.25. The lowest BCUT2D eigenvalue weighted by Gasteiger charge is -2.30. The van der Waals surface area contributed by atoms with Crippen LogP contribution in [0.25, 0.3) is 0 Å². The second-order valence-electron chi connectivity index (χ2n) is 8.35. The number of hydrogen-bond donors (Lipinski definition) is 2. The van der Waals surface area contributed by atoms with E-state index in [0.29, 0.717) is 19.0 Å². The number of nitrogens with zero attached hydrogens (tertiary/aromatic N) is 3. The molecule has 2 aliphatic rings. The molecule has 0 bridgehead atoms. The molecule has 2 saturated heterocycles. The Morgan fingerprint density at radius 3 is 2.66 bits per heavy atom. The van der Waals surface area contributed by atoms with Gasteiger partial charge in [0, 0.05) is 39.4 Å². The average Bonchev–Trinajstić information content (AvgIpc) is 3.49. The number of carbonyl (C=O) groups is 1. The van der Waals surface area contributed by atoms with Crippen LogP contribution < -0.4 is 15.4 Å². The van der Waals surface area contributed by atoms with Gasteiger partial charge in [-0.2, -0.15) is 0 Å². The molecule has 1 aromatic rings. The van der Waals surface area contributed by atoms with Gasteiger partial charge in [-0.3, -0.25) is 9.69 Å². The zero-order valence-electron chi connectivity index (χ0n) is 19.5. The Morgan fingerprint density at radius 1 is 1.25 bits per heavy atom. The van der Waals surface area contributed by atoms with Crippen LogP contribution in [0.1, 0.15) is 37.3 Å². The van der Waals surface area contributed by atoms with Gasteiger partial charge < -0.3 is 25.0 Å². The van der Waals surface area contributed by atoms with E-state index in [1.807, 2.05) is 12.1 Å². The first-order valence-corrected chi connectivity index (χ1v) is 11.3. The summed E-state index contributed by atoms with van der Waals surface area (Å²) in [6.45, 7) is 4.42. The highest BCUT2D eigenvalue weighted by molar-refractivity contribution is 14.0. The number of likely N-dealkylation sites (tertiary alicyclic amines) is 1. The molecule has 2 N–H and O–H groups in total. The number of carbonyl (C=O) groups excluding carboxylic acids is 1. The molecule has 3 rings (SSSR count). The van der Waals surface area contributed by atoms with Crippen molar-refractivity contribution in [2.24, 2.45) is 4.99 Å². The summed E-state index contributed by atoms with van der Waals surface area (Å²) >= 11 is 0. The van der Waals surface area contributed by atoms with Crippen molar-refractivity contribution in [1.82, 2.24) is 20.4 Å². The Morgan fingerprint density at radius 2 is 2.00 bits per heavy atom. The number of aliphatic imine (C=N–C) groups is 1. The van der Waals surface area contributed by atoms with Gasteiger partial charge in [0.05, 0.1) is 19.3 Å². The monoisotopic (exact) mass is 559 g/mol. The lowest BCUT2D eigenvalue weighted by atomic mass is 10.0. The number of ether oxygens (including phenoxy) is 2. The second-order valence-corrected chi connectivity index (χ2v) is 8.35. The molecule has 32 heavy (non-hydrogen) atoms. The maximum atomic E-state index is 12.1. The highest BCUT2D eigenvalue weighted by atomic mass is 127.